The minimum atomic E-state index is -1.02. The minimum Gasteiger partial charge on any atom is -0.444 e. The van der Waals surface area contributed by atoms with E-state index in [1.807, 2.05) is 36.4 Å². The van der Waals surface area contributed by atoms with Gasteiger partial charge >= 0.3 is 0 Å². The van der Waals surface area contributed by atoms with Gasteiger partial charge in [-0.05, 0) is 30.5 Å². The van der Waals surface area contributed by atoms with Gasteiger partial charge in [-0.3, -0.25) is 9.78 Å². The van der Waals surface area contributed by atoms with Gasteiger partial charge in [0.25, 0.3) is 0 Å². The van der Waals surface area contributed by atoms with E-state index >= 15 is 0 Å². The van der Waals surface area contributed by atoms with E-state index < -0.39 is 5.54 Å². The van der Waals surface area contributed by atoms with E-state index in [1.54, 1.807) is 18.7 Å². The largest absolute Gasteiger partial charge is 0.444 e. The van der Waals surface area contributed by atoms with E-state index in [0.29, 0.717) is 18.7 Å². The molecule has 0 fully saturated rings. The molecule has 0 aliphatic heterocycles. The van der Waals surface area contributed by atoms with Gasteiger partial charge in [-0.25, -0.2) is 4.98 Å². The van der Waals surface area contributed by atoms with Crippen LogP contribution in [-0.2, 0) is 11.2 Å². The Balaban J connectivity index is 1.68. The van der Waals surface area contributed by atoms with Crippen LogP contribution in [0.2, 0.25) is 0 Å². The highest BCUT2D eigenvalue weighted by Gasteiger charge is 2.29. The highest BCUT2D eigenvalue weighted by atomic mass is 16.3. The smallest absolute Gasteiger partial charge is 0.228 e. The van der Waals surface area contributed by atoms with Crippen molar-refractivity contribution >= 4 is 5.91 Å². The molecule has 0 atom stereocenters. The zero-order valence-corrected chi connectivity index (χ0v) is 15.6. The number of oxazole rings is 1. The van der Waals surface area contributed by atoms with Crippen LogP contribution in [0.5, 0.6) is 0 Å². The van der Waals surface area contributed by atoms with E-state index in [1.165, 1.54) is 6.92 Å². The quantitative estimate of drug-likeness (QED) is 0.552. The van der Waals surface area contributed by atoms with Crippen LogP contribution in [-0.4, -0.2) is 44.8 Å². The molecule has 2 aromatic heterocycles. The van der Waals surface area contributed by atoms with Crippen molar-refractivity contribution in [2.75, 3.05) is 13.2 Å². The van der Waals surface area contributed by atoms with Crippen LogP contribution < -0.4 is 5.32 Å². The lowest BCUT2D eigenvalue weighted by atomic mass is 9.92. The second-order valence-corrected chi connectivity index (χ2v) is 6.75. The molecule has 3 N–H and O–H groups in total. The fraction of sp³-hybridized carbons (Fsp3) is 0.286. The van der Waals surface area contributed by atoms with Crippen LogP contribution in [0.15, 0.2) is 59.5 Å². The average Bonchev–Trinajstić information content (AvgIpc) is 3.22. The van der Waals surface area contributed by atoms with Gasteiger partial charge in [0, 0.05) is 24.9 Å². The number of carbonyl (C=O) groups is 1. The molecule has 2 heterocycles. The van der Waals surface area contributed by atoms with Crippen LogP contribution >= 0.6 is 0 Å². The first-order valence-corrected chi connectivity index (χ1v) is 9.01. The molecule has 1 amide bonds. The van der Waals surface area contributed by atoms with Crippen LogP contribution in [0.4, 0.5) is 0 Å². The van der Waals surface area contributed by atoms with Crippen LogP contribution in [0.25, 0.3) is 22.7 Å². The van der Waals surface area contributed by atoms with Gasteiger partial charge in [-0.1, -0.05) is 24.3 Å². The third kappa shape index (κ3) is 4.62. The van der Waals surface area contributed by atoms with Gasteiger partial charge in [0.1, 0.15) is 12.0 Å². The molecule has 7 heteroatoms. The van der Waals surface area contributed by atoms with Gasteiger partial charge in [-0.15, -0.1) is 0 Å². The zero-order chi connectivity index (χ0) is 20.0. The number of amides is 1. The fourth-order valence-corrected chi connectivity index (χ4v) is 2.98. The molecule has 3 rings (SSSR count). The Hall–Kier alpha value is -3.03. The molecule has 3 aromatic rings. The number of aliphatic hydroxyl groups excluding tert-OH is 2. The second-order valence-electron chi connectivity index (χ2n) is 6.75. The standard InChI is InChI=1S/C21H23N3O4/c1-15(27)24-21(13-25,14-26)9-8-16-4-6-17(7-5-16)19-12-28-20(23-19)18-3-2-10-22-11-18/h2-7,10-12,25-26H,8-9,13-14H2,1H3,(H,24,27). The molecule has 146 valence electrons. The zero-order valence-electron chi connectivity index (χ0n) is 15.6. The number of nitrogens with zero attached hydrogens (tertiary/aromatic N) is 2. The normalized spacial score (nSPS) is 11.4. The monoisotopic (exact) mass is 381 g/mol. The van der Waals surface area contributed by atoms with Gasteiger partial charge in [0.05, 0.1) is 24.3 Å². The number of rotatable bonds is 8. The van der Waals surface area contributed by atoms with Crippen molar-refractivity contribution in [1.82, 2.24) is 15.3 Å². The molecule has 0 aliphatic rings. The van der Waals surface area contributed by atoms with E-state index in [2.05, 4.69) is 15.3 Å². The first kappa shape index (κ1) is 19.7. The molecule has 0 saturated carbocycles. The lowest BCUT2D eigenvalue weighted by molar-refractivity contribution is -0.122. The summed E-state index contributed by atoms with van der Waals surface area (Å²) in [5, 5.41) is 21.8. The Labute approximate surface area is 163 Å². The molecule has 7 nitrogen and oxygen atoms in total. The molecular formula is C21H23N3O4. The van der Waals surface area contributed by atoms with Crippen molar-refractivity contribution in [2.24, 2.45) is 0 Å². The number of nitrogens with one attached hydrogen (secondary N) is 1. The molecule has 0 radical (unpaired) electrons. The maximum Gasteiger partial charge on any atom is 0.228 e. The summed E-state index contributed by atoms with van der Waals surface area (Å²) in [4.78, 5) is 19.9. The predicted molar refractivity (Wildman–Crippen MR) is 104 cm³/mol. The van der Waals surface area contributed by atoms with Crippen molar-refractivity contribution in [1.29, 1.82) is 0 Å². The topological polar surface area (TPSA) is 108 Å². The Kier molecular flexibility index (Phi) is 6.18. The lowest BCUT2D eigenvalue weighted by Gasteiger charge is -2.30. The minimum absolute atomic E-state index is 0.283. The molecule has 0 bridgehead atoms. The summed E-state index contributed by atoms with van der Waals surface area (Å²) in [5.41, 5.74) is 2.46. The van der Waals surface area contributed by atoms with Crippen molar-refractivity contribution in [2.45, 2.75) is 25.3 Å². The predicted octanol–water partition coefficient (Wildman–Crippen LogP) is 2.20. The number of benzene rings is 1. The average molecular weight is 381 g/mol. The van der Waals surface area contributed by atoms with Crippen LogP contribution in [0.1, 0.15) is 18.9 Å². The first-order chi connectivity index (χ1) is 13.5. The van der Waals surface area contributed by atoms with E-state index in [-0.39, 0.29) is 19.1 Å². The highest BCUT2D eigenvalue weighted by molar-refractivity contribution is 5.73. The van der Waals surface area contributed by atoms with Gasteiger partial charge in [0.15, 0.2) is 0 Å². The summed E-state index contributed by atoms with van der Waals surface area (Å²) >= 11 is 0. The summed E-state index contributed by atoms with van der Waals surface area (Å²) < 4.78 is 5.55. The van der Waals surface area contributed by atoms with Crippen molar-refractivity contribution < 1.29 is 19.4 Å². The Morgan fingerprint density at radius 3 is 2.50 bits per heavy atom. The number of hydrogen-bond donors (Lipinski definition) is 3. The first-order valence-electron chi connectivity index (χ1n) is 9.01. The molecule has 0 spiro atoms. The summed E-state index contributed by atoms with van der Waals surface area (Å²) in [6.45, 7) is 0.723. The Morgan fingerprint density at radius 1 is 1.14 bits per heavy atom. The summed E-state index contributed by atoms with van der Waals surface area (Å²) in [6.07, 6.45) is 6.02. The Bertz CT molecular complexity index is 903. The van der Waals surface area contributed by atoms with E-state index in [4.69, 9.17) is 4.42 Å². The number of aromatic nitrogens is 2. The molecule has 1 aromatic carbocycles. The van der Waals surface area contributed by atoms with Gasteiger partial charge < -0.3 is 19.9 Å². The SMILES string of the molecule is CC(=O)NC(CO)(CO)CCc1ccc(-c2coc(-c3cccnc3)n2)cc1. The molecular weight excluding hydrogens is 358 g/mol. The maximum atomic E-state index is 11.3. The van der Waals surface area contributed by atoms with Crippen LogP contribution in [0.3, 0.4) is 0 Å². The van der Waals surface area contributed by atoms with E-state index in [9.17, 15) is 15.0 Å². The number of pyridine rings is 1. The third-order valence-corrected chi connectivity index (χ3v) is 4.60. The van der Waals surface area contributed by atoms with Crippen molar-refractivity contribution in [3.63, 3.8) is 0 Å². The molecule has 0 unspecified atom stereocenters. The van der Waals surface area contributed by atoms with Gasteiger partial charge in [-0.2, -0.15) is 0 Å². The van der Waals surface area contributed by atoms with Crippen molar-refractivity contribution in [3.8, 4) is 22.7 Å². The van der Waals surface area contributed by atoms with Crippen LogP contribution in [0, 0.1) is 0 Å². The molecule has 0 saturated heterocycles. The molecule has 28 heavy (non-hydrogen) atoms. The summed E-state index contributed by atoms with van der Waals surface area (Å²) in [5.74, 6) is 0.229. The lowest BCUT2D eigenvalue weighted by Crippen LogP contribution is -2.53. The third-order valence-electron chi connectivity index (χ3n) is 4.60. The maximum absolute atomic E-state index is 11.3. The number of aliphatic hydroxyl groups is 2. The molecule has 0 aliphatic carbocycles. The fourth-order valence-electron chi connectivity index (χ4n) is 2.98. The van der Waals surface area contributed by atoms with E-state index in [0.717, 1.165) is 22.4 Å². The number of carbonyl (C=O) groups excluding carboxylic acids is 1. The summed E-state index contributed by atoms with van der Waals surface area (Å²) in [6, 6.07) is 11.5. The highest BCUT2D eigenvalue weighted by Crippen LogP contribution is 2.25. The number of hydrogen-bond acceptors (Lipinski definition) is 6. The number of aryl methyl sites for hydroxylation is 1. The van der Waals surface area contributed by atoms with Crippen molar-refractivity contribution in [3.05, 3.63) is 60.6 Å². The Morgan fingerprint density at radius 2 is 1.89 bits per heavy atom. The summed E-state index contributed by atoms with van der Waals surface area (Å²) in [7, 11) is 0. The van der Waals surface area contributed by atoms with Gasteiger partial charge in [0.2, 0.25) is 11.8 Å². The second kappa shape index (κ2) is 8.77.